The molecule has 0 aromatic carbocycles. The molecule has 1 unspecified atom stereocenters. The molecule has 5 N–H and O–H groups in total. The van der Waals surface area contributed by atoms with Crippen LogP contribution in [0.2, 0.25) is 0 Å². The van der Waals surface area contributed by atoms with E-state index in [1.165, 1.54) is 11.8 Å². The summed E-state index contributed by atoms with van der Waals surface area (Å²) in [6.07, 6.45) is -0.818. The molecule has 0 aliphatic rings. The van der Waals surface area contributed by atoms with Gasteiger partial charge in [0, 0.05) is 5.75 Å². The van der Waals surface area contributed by atoms with Crippen LogP contribution in [0, 0.1) is 0 Å². The van der Waals surface area contributed by atoms with Crippen LogP contribution in [-0.2, 0) is 0 Å². The Morgan fingerprint density at radius 3 is 2.82 bits per heavy atom. The number of ether oxygens (including phenoxy) is 1. The number of aromatic nitrogens is 3. The van der Waals surface area contributed by atoms with Crippen molar-refractivity contribution >= 4 is 17.7 Å². The maximum atomic E-state index is 9.20. The Labute approximate surface area is 103 Å². The fraction of sp³-hybridized carbons (Fsp3) is 0.625. The smallest absolute Gasteiger partial charge is 0.322 e. The largest absolute Gasteiger partial charge is 0.464 e. The second-order valence-corrected chi connectivity index (χ2v) is 3.94. The third kappa shape index (κ3) is 4.69. The predicted molar refractivity (Wildman–Crippen MR) is 62.6 cm³/mol. The zero-order valence-electron chi connectivity index (χ0n) is 9.33. The van der Waals surface area contributed by atoms with Gasteiger partial charge in [-0.2, -0.15) is 15.0 Å². The van der Waals surface area contributed by atoms with Gasteiger partial charge < -0.3 is 14.9 Å². The van der Waals surface area contributed by atoms with Gasteiger partial charge in [0.15, 0.2) is 5.16 Å². The lowest BCUT2D eigenvalue weighted by atomic mass is 10.4. The van der Waals surface area contributed by atoms with Crippen LogP contribution in [0.25, 0.3) is 0 Å². The van der Waals surface area contributed by atoms with Gasteiger partial charge >= 0.3 is 6.01 Å². The molecule has 17 heavy (non-hydrogen) atoms. The summed E-state index contributed by atoms with van der Waals surface area (Å²) in [4.78, 5) is 11.9. The number of thioether (sulfide) groups is 1. The van der Waals surface area contributed by atoms with E-state index >= 15 is 0 Å². The number of hydrazine groups is 1. The van der Waals surface area contributed by atoms with Gasteiger partial charge in [-0.3, -0.25) is 5.43 Å². The summed E-state index contributed by atoms with van der Waals surface area (Å²) >= 11 is 1.17. The molecule has 1 aromatic rings. The molecule has 96 valence electrons. The van der Waals surface area contributed by atoms with Gasteiger partial charge in [-0.15, -0.1) is 0 Å². The summed E-state index contributed by atoms with van der Waals surface area (Å²) in [5, 5.41) is 18.2. The monoisotopic (exact) mass is 261 g/mol. The number of nitrogens with zero attached hydrogens (tertiary/aromatic N) is 3. The van der Waals surface area contributed by atoms with E-state index in [0.29, 0.717) is 11.8 Å². The average molecular weight is 261 g/mol. The van der Waals surface area contributed by atoms with Crippen LogP contribution < -0.4 is 16.0 Å². The number of anilines is 1. The SMILES string of the molecule is CCOc1nc(NN)nc(SCC(O)CO)n1. The number of rotatable bonds is 7. The molecule has 0 radical (unpaired) electrons. The Morgan fingerprint density at radius 1 is 1.47 bits per heavy atom. The Balaban J connectivity index is 2.72. The van der Waals surface area contributed by atoms with Crippen LogP contribution >= 0.6 is 11.8 Å². The summed E-state index contributed by atoms with van der Waals surface area (Å²) in [6.45, 7) is 1.93. The van der Waals surface area contributed by atoms with Crippen LogP contribution in [0.3, 0.4) is 0 Å². The minimum absolute atomic E-state index is 0.163. The van der Waals surface area contributed by atoms with Crippen molar-refractivity contribution in [3.63, 3.8) is 0 Å². The molecule has 0 saturated heterocycles. The first kappa shape index (κ1) is 13.9. The van der Waals surface area contributed by atoms with E-state index in [4.69, 9.17) is 15.7 Å². The summed E-state index contributed by atoms with van der Waals surface area (Å²) in [5.41, 5.74) is 2.30. The maximum Gasteiger partial charge on any atom is 0.322 e. The van der Waals surface area contributed by atoms with Gasteiger partial charge in [0.1, 0.15) is 0 Å². The van der Waals surface area contributed by atoms with E-state index in [-0.39, 0.29) is 24.3 Å². The van der Waals surface area contributed by atoms with Crippen LogP contribution in [0.15, 0.2) is 5.16 Å². The highest BCUT2D eigenvalue weighted by Crippen LogP contribution is 2.17. The van der Waals surface area contributed by atoms with Gasteiger partial charge in [0.25, 0.3) is 0 Å². The van der Waals surface area contributed by atoms with Crippen LogP contribution in [0.4, 0.5) is 5.95 Å². The van der Waals surface area contributed by atoms with Crippen LogP contribution in [0.1, 0.15) is 6.92 Å². The van der Waals surface area contributed by atoms with E-state index in [1.54, 1.807) is 0 Å². The highest BCUT2D eigenvalue weighted by molar-refractivity contribution is 7.99. The second kappa shape index (κ2) is 7.22. The van der Waals surface area contributed by atoms with Crippen molar-refractivity contribution in [2.75, 3.05) is 24.4 Å². The van der Waals surface area contributed by atoms with Gasteiger partial charge in [-0.25, -0.2) is 5.84 Å². The molecule has 0 spiro atoms. The molecule has 8 nitrogen and oxygen atoms in total. The number of aliphatic hydroxyl groups is 2. The van der Waals surface area contributed by atoms with Gasteiger partial charge in [0.2, 0.25) is 5.95 Å². The van der Waals surface area contributed by atoms with Crippen LogP contribution in [-0.4, -0.2) is 50.2 Å². The summed E-state index contributed by atoms with van der Waals surface area (Å²) in [5.74, 6) is 5.67. The Morgan fingerprint density at radius 2 is 2.24 bits per heavy atom. The Hall–Kier alpha value is -1.16. The molecule has 1 heterocycles. The zero-order valence-corrected chi connectivity index (χ0v) is 10.1. The Kier molecular flexibility index (Phi) is 5.91. The number of nitrogens with one attached hydrogen (secondary N) is 1. The topological polar surface area (TPSA) is 126 Å². The molecule has 0 bridgehead atoms. The van der Waals surface area contributed by atoms with Crippen molar-refractivity contribution in [3.05, 3.63) is 0 Å². The first-order valence-electron chi connectivity index (χ1n) is 4.96. The van der Waals surface area contributed by atoms with Crippen molar-refractivity contribution in [2.45, 2.75) is 18.2 Å². The fourth-order valence-electron chi connectivity index (χ4n) is 0.884. The highest BCUT2D eigenvalue weighted by Gasteiger charge is 2.09. The third-order valence-electron chi connectivity index (χ3n) is 1.61. The minimum atomic E-state index is -0.818. The fourth-order valence-corrected chi connectivity index (χ4v) is 1.62. The molecule has 0 aliphatic heterocycles. The molecule has 1 rings (SSSR count). The van der Waals surface area contributed by atoms with Crippen molar-refractivity contribution < 1.29 is 14.9 Å². The molecule has 0 fully saturated rings. The lowest BCUT2D eigenvalue weighted by molar-refractivity contribution is 0.113. The highest BCUT2D eigenvalue weighted by atomic mass is 32.2. The number of nitrogens with two attached hydrogens (primary N) is 1. The first-order chi connectivity index (χ1) is 8.19. The third-order valence-corrected chi connectivity index (χ3v) is 2.60. The van der Waals surface area contributed by atoms with Gasteiger partial charge in [-0.1, -0.05) is 11.8 Å². The van der Waals surface area contributed by atoms with E-state index in [0.717, 1.165) is 0 Å². The average Bonchev–Trinajstić information content (AvgIpc) is 2.36. The van der Waals surface area contributed by atoms with E-state index in [1.807, 2.05) is 6.92 Å². The minimum Gasteiger partial charge on any atom is -0.464 e. The predicted octanol–water partition coefficient (Wildman–Crippen LogP) is -0.999. The normalized spacial score (nSPS) is 12.2. The first-order valence-corrected chi connectivity index (χ1v) is 5.95. The number of nitrogen functional groups attached to an aromatic ring is 1. The number of hydrogen-bond acceptors (Lipinski definition) is 9. The summed E-state index contributed by atoms with van der Waals surface area (Å²) in [6, 6.07) is 0.163. The van der Waals surface area contributed by atoms with Gasteiger partial charge in [0.05, 0.1) is 19.3 Å². The molecule has 0 saturated carbocycles. The van der Waals surface area contributed by atoms with Crippen LogP contribution in [0.5, 0.6) is 6.01 Å². The number of hydrogen-bond donors (Lipinski definition) is 4. The van der Waals surface area contributed by atoms with Gasteiger partial charge in [-0.05, 0) is 6.92 Å². The molecular formula is C8H15N5O3S. The molecular weight excluding hydrogens is 246 g/mol. The van der Waals surface area contributed by atoms with E-state index in [2.05, 4.69) is 20.4 Å². The zero-order chi connectivity index (χ0) is 12.7. The molecule has 1 atom stereocenters. The lowest BCUT2D eigenvalue weighted by Gasteiger charge is -2.08. The second-order valence-electron chi connectivity index (χ2n) is 2.95. The summed E-state index contributed by atoms with van der Waals surface area (Å²) < 4.78 is 5.14. The lowest BCUT2D eigenvalue weighted by Crippen LogP contribution is -2.16. The summed E-state index contributed by atoms with van der Waals surface area (Å²) in [7, 11) is 0. The quantitative estimate of drug-likeness (QED) is 0.277. The van der Waals surface area contributed by atoms with Crippen molar-refractivity contribution in [1.29, 1.82) is 0 Å². The number of aliphatic hydroxyl groups excluding tert-OH is 2. The molecule has 1 aromatic heterocycles. The van der Waals surface area contributed by atoms with E-state index < -0.39 is 6.10 Å². The Bertz CT molecular complexity index is 354. The standard InChI is InChI=1S/C8H15N5O3S/c1-2-16-7-10-6(13-9)11-8(12-7)17-4-5(15)3-14/h5,14-15H,2-4,9H2,1H3,(H,10,11,12,13). The van der Waals surface area contributed by atoms with Crippen molar-refractivity contribution in [3.8, 4) is 6.01 Å². The van der Waals surface area contributed by atoms with Crippen molar-refractivity contribution in [1.82, 2.24) is 15.0 Å². The van der Waals surface area contributed by atoms with Crippen molar-refractivity contribution in [2.24, 2.45) is 5.84 Å². The van der Waals surface area contributed by atoms with E-state index in [9.17, 15) is 5.11 Å². The maximum absolute atomic E-state index is 9.20. The molecule has 0 aliphatic carbocycles. The molecule has 9 heteroatoms. The molecule has 0 amide bonds.